The van der Waals surface area contributed by atoms with E-state index in [1.54, 1.807) is 12.2 Å². The number of anilines is 1. The maximum absolute atomic E-state index is 6.03. The van der Waals surface area contributed by atoms with Crippen molar-refractivity contribution in [3.63, 3.8) is 0 Å². The molecule has 0 aliphatic heterocycles. The summed E-state index contributed by atoms with van der Waals surface area (Å²) in [7, 11) is 0. The summed E-state index contributed by atoms with van der Waals surface area (Å²) < 4.78 is 0. The molecule has 0 heterocycles. The first-order chi connectivity index (χ1) is 8.65. The van der Waals surface area contributed by atoms with Gasteiger partial charge in [-0.05, 0) is 29.7 Å². The number of para-hydroxylation sites is 1. The maximum atomic E-state index is 6.03. The molecule has 0 atom stereocenters. The second kappa shape index (κ2) is 6.45. The molecular formula is C17H19N. The molecule has 0 aliphatic carbocycles. The molecule has 0 radical (unpaired) electrons. The van der Waals surface area contributed by atoms with Gasteiger partial charge in [-0.3, -0.25) is 0 Å². The summed E-state index contributed by atoms with van der Waals surface area (Å²) in [5.41, 5.74) is 10.5. The third-order valence-corrected chi connectivity index (χ3v) is 2.67. The molecule has 0 unspecified atom stereocenters. The van der Waals surface area contributed by atoms with E-state index in [9.17, 15) is 0 Å². The van der Waals surface area contributed by atoms with Gasteiger partial charge in [-0.2, -0.15) is 0 Å². The van der Waals surface area contributed by atoms with Crippen LogP contribution in [0.15, 0.2) is 79.5 Å². The van der Waals surface area contributed by atoms with Gasteiger partial charge in [-0.1, -0.05) is 62.2 Å². The summed E-state index contributed by atoms with van der Waals surface area (Å²) in [5.74, 6) is 0. The van der Waals surface area contributed by atoms with Gasteiger partial charge in [0.05, 0.1) is 0 Å². The summed E-state index contributed by atoms with van der Waals surface area (Å²) in [4.78, 5) is 0. The molecule has 0 fully saturated rings. The summed E-state index contributed by atoms with van der Waals surface area (Å²) in [5, 5.41) is 0. The fraction of sp³-hybridized carbons (Fsp3) is 0.0588. The first-order valence-corrected chi connectivity index (χ1v) is 5.81. The molecule has 0 saturated carbocycles. The minimum Gasteiger partial charge on any atom is -0.398 e. The Morgan fingerprint density at radius 2 is 1.83 bits per heavy atom. The lowest BCUT2D eigenvalue weighted by molar-refractivity contribution is 1.53. The van der Waals surface area contributed by atoms with Crippen LogP contribution in [0.3, 0.4) is 0 Å². The number of nitrogen functional groups attached to an aromatic ring is 1. The van der Waals surface area contributed by atoms with Crippen LogP contribution in [0, 0.1) is 0 Å². The highest BCUT2D eigenvalue weighted by Gasteiger charge is 2.08. The third-order valence-electron chi connectivity index (χ3n) is 2.67. The van der Waals surface area contributed by atoms with Crippen molar-refractivity contribution in [2.75, 3.05) is 5.73 Å². The smallest absolute Gasteiger partial charge is 0.0393 e. The van der Waals surface area contributed by atoms with Crippen molar-refractivity contribution in [1.29, 1.82) is 0 Å². The number of rotatable bonds is 5. The number of nitrogens with two attached hydrogens (primary N) is 1. The van der Waals surface area contributed by atoms with E-state index < -0.39 is 0 Å². The quantitative estimate of drug-likeness (QED) is 0.591. The van der Waals surface area contributed by atoms with E-state index in [0.29, 0.717) is 0 Å². The largest absolute Gasteiger partial charge is 0.398 e. The van der Waals surface area contributed by atoms with Crippen molar-refractivity contribution in [3.8, 4) is 0 Å². The van der Waals surface area contributed by atoms with Gasteiger partial charge in [0.15, 0.2) is 0 Å². The van der Waals surface area contributed by atoms with E-state index in [0.717, 1.165) is 28.0 Å². The Hall–Kier alpha value is -2.28. The molecule has 0 aliphatic rings. The van der Waals surface area contributed by atoms with E-state index in [2.05, 4.69) is 19.7 Å². The number of allylic oxidation sites excluding steroid dienone is 7. The number of hydrogen-bond donors (Lipinski definition) is 1. The van der Waals surface area contributed by atoms with Crippen molar-refractivity contribution in [2.24, 2.45) is 0 Å². The molecule has 0 amide bonds. The lowest BCUT2D eigenvalue weighted by atomic mass is 9.94. The molecular weight excluding hydrogens is 218 g/mol. The zero-order valence-corrected chi connectivity index (χ0v) is 10.8. The molecule has 0 spiro atoms. The minimum absolute atomic E-state index is 0.738. The van der Waals surface area contributed by atoms with Crippen LogP contribution in [0.25, 0.3) is 5.57 Å². The van der Waals surface area contributed by atoms with E-state index >= 15 is 0 Å². The molecule has 0 bridgehead atoms. The summed E-state index contributed by atoms with van der Waals surface area (Å²) in [6, 6.07) is 7.76. The molecule has 1 aromatic rings. The lowest BCUT2D eigenvalue weighted by Crippen LogP contribution is -1.95. The van der Waals surface area contributed by atoms with E-state index in [4.69, 9.17) is 5.73 Å². The zero-order chi connectivity index (χ0) is 13.5. The van der Waals surface area contributed by atoms with Gasteiger partial charge in [0.25, 0.3) is 0 Å². The molecule has 0 aromatic heterocycles. The number of benzene rings is 1. The van der Waals surface area contributed by atoms with Crippen LogP contribution in [-0.4, -0.2) is 0 Å². The molecule has 1 rings (SSSR count). The van der Waals surface area contributed by atoms with Gasteiger partial charge in [-0.25, -0.2) is 0 Å². The van der Waals surface area contributed by atoms with Crippen LogP contribution in [-0.2, 0) is 0 Å². The Bertz CT molecular complexity index is 530. The first-order valence-electron chi connectivity index (χ1n) is 5.81. The maximum Gasteiger partial charge on any atom is 0.0393 e. The van der Waals surface area contributed by atoms with Crippen molar-refractivity contribution in [3.05, 3.63) is 85.0 Å². The summed E-state index contributed by atoms with van der Waals surface area (Å²) in [6.07, 6.45) is 7.49. The predicted molar refractivity (Wildman–Crippen MR) is 82.1 cm³/mol. The molecule has 1 heteroatoms. The van der Waals surface area contributed by atoms with E-state index in [1.807, 2.05) is 43.3 Å². The van der Waals surface area contributed by atoms with Crippen LogP contribution in [0.5, 0.6) is 0 Å². The molecule has 1 nitrogen and oxygen atoms in total. The van der Waals surface area contributed by atoms with Gasteiger partial charge >= 0.3 is 0 Å². The fourth-order valence-electron chi connectivity index (χ4n) is 1.76. The van der Waals surface area contributed by atoms with Crippen molar-refractivity contribution < 1.29 is 0 Å². The Balaban J connectivity index is 3.55. The third kappa shape index (κ3) is 2.89. The highest BCUT2D eigenvalue weighted by molar-refractivity contribution is 5.87. The Kier molecular flexibility index (Phi) is 4.94. The van der Waals surface area contributed by atoms with Crippen LogP contribution < -0.4 is 5.73 Å². The van der Waals surface area contributed by atoms with Crippen molar-refractivity contribution in [1.82, 2.24) is 0 Å². The van der Waals surface area contributed by atoms with Gasteiger partial charge < -0.3 is 5.73 Å². The predicted octanol–water partition coefficient (Wildman–Crippen LogP) is 4.53. The molecule has 0 saturated heterocycles. The van der Waals surface area contributed by atoms with Gasteiger partial charge in [0.1, 0.15) is 0 Å². The summed E-state index contributed by atoms with van der Waals surface area (Å²) in [6.45, 7) is 13.5. The van der Waals surface area contributed by atoms with Crippen LogP contribution in [0.4, 0.5) is 5.69 Å². The Morgan fingerprint density at radius 3 is 2.33 bits per heavy atom. The van der Waals surface area contributed by atoms with Crippen molar-refractivity contribution >= 4 is 11.3 Å². The molecule has 92 valence electrons. The Labute approximate surface area is 109 Å². The van der Waals surface area contributed by atoms with E-state index in [1.165, 1.54) is 0 Å². The van der Waals surface area contributed by atoms with Gasteiger partial charge in [0.2, 0.25) is 0 Å². The van der Waals surface area contributed by atoms with Gasteiger partial charge in [0, 0.05) is 11.3 Å². The van der Waals surface area contributed by atoms with Crippen LogP contribution in [0.1, 0.15) is 12.5 Å². The average Bonchev–Trinajstić information content (AvgIpc) is 2.39. The fourth-order valence-corrected chi connectivity index (χ4v) is 1.76. The van der Waals surface area contributed by atoms with Crippen LogP contribution >= 0.6 is 0 Å². The second-order valence-electron chi connectivity index (χ2n) is 3.85. The lowest BCUT2D eigenvalue weighted by Gasteiger charge is -2.12. The normalized spacial score (nSPS) is 12.1. The van der Waals surface area contributed by atoms with Crippen molar-refractivity contribution in [2.45, 2.75) is 6.92 Å². The number of hydrogen-bond acceptors (Lipinski definition) is 1. The average molecular weight is 237 g/mol. The standard InChI is InChI=1S/C17H19N/c1-5-10-15(14(7-3)13(4)6-2)16-11-8-9-12-17(16)18/h5-12H,2-4,18H2,1H3/b10-5-,15-14+. The van der Waals surface area contributed by atoms with Crippen LogP contribution in [0.2, 0.25) is 0 Å². The summed E-state index contributed by atoms with van der Waals surface area (Å²) >= 11 is 0. The SMILES string of the molecule is C=CC(=C)/C(C=C)=C(\C=C/C)c1ccccc1N. The minimum atomic E-state index is 0.738. The highest BCUT2D eigenvalue weighted by Crippen LogP contribution is 2.29. The van der Waals surface area contributed by atoms with Gasteiger partial charge in [-0.15, -0.1) is 0 Å². The topological polar surface area (TPSA) is 26.0 Å². The highest BCUT2D eigenvalue weighted by atomic mass is 14.6. The Morgan fingerprint density at radius 1 is 1.17 bits per heavy atom. The molecule has 18 heavy (non-hydrogen) atoms. The molecule has 2 N–H and O–H groups in total. The second-order valence-corrected chi connectivity index (χ2v) is 3.85. The first kappa shape index (κ1) is 13.8. The zero-order valence-electron chi connectivity index (χ0n) is 10.8. The molecule has 1 aromatic carbocycles. The monoisotopic (exact) mass is 237 g/mol. The van der Waals surface area contributed by atoms with E-state index in [-0.39, 0.29) is 0 Å².